The maximum Gasteiger partial charge on any atom is 0.236 e. The van der Waals surface area contributed by atoms with Gasteiger partial charge >= 0.3 is 0 Å². The maximum atomic E-state index is 13.3. The molecular weight excluding hydrogens is 426 g/mol. The number of methoxy groups -OCH3 is 1. The van der Waals surface area contributed by atoms with Crippen molar-refractivity contribution in [3.63, 3.8) is 0 Å². The van der Waals surface area contributed by atoms with Crippen molar-refractivity contribution in [3.05, 3.63) is 59.7 Å². The molecule has 2 atom stereocenters. The van der Waals surface area contributed by atoms with Crippen molar-refractivity contribution in [3.8, 4) is 11.5 Å². The SMILES string of the molecule is COc1ccccc1[C@H]1CN(CC(=O)N(C)C[C@H]2CCN(CC(C)C)C2)Cc2ccccc2O1. The van der Waals surface area contributed by atoms with Gasteiger partial charge in [-0.05, 0) is 36.9 Å². The highest BCUT2D eigenvalue weighted by atomic mass is 16.5. The Morgan fingerprint density at radius 2 is 1.88 bits per heavy atom. The van der Waals surface area contributed by atoms with Gasteiger partial charge in [0.25, 0.3) is 0 Å². The molecule has 6 nitrogen and oxygen atoms in total. The molecule has 184 valence electrons. The summed E-state index contributed by atoms with van der Waals surface area (Å²) in [4.78, 5) is 19.9. The number of ether oxygens (including phenoxy) is 2. The summed E-state index contributed by atoms with van der Waals surface area (Å²) in [6.07, 6.45) is 0.961. The molecule has 2 heterocycles. The number of carbonyl (C=O) groups excluding carboxylic acids is 1. The van der Waals surface area contributed by atoms with Gasteiger partial charge in [0, 0.05) is 50.9 Å². The van der Waals surface area contributed by atoms with Crippen LogP contribution < -0.4 is 9.47 Å². The van der Waals surface area contributed by atoms with Gasteiger partial charge in [0.05, 0.1) is 13.7 Å². The van der Waals surface area contributed by atoms with Crippen molar-refractivity contribution in [2.24, 2.45) is 11.8 Å². The molecule has 34 heavy (non-hydrogen) atoms. The number of carbonyl (C=O) groups is 1. The summed E-state index contributed by atoms with van der Waals surface area (Å²) in [7, 11) is 3.64. The van der Waals surface area contributed by atoms with Crippen molar-refractivity contribution in [2.75, 3.05) is 53.4 Å². The summed E-state index contributed by atoms with van der Waals surface area (Å²) in [6, 6.07) is 16.1. The molecule has 0 unspecified atom stereocenters. The minimum absolute atomic E-state index is 0.167. The normalized spacial score (nSPS) is 21.1. The number of rotatable bonds is 8. The van der Waals surface area contributed by atoms with Crippen molar-refractivity contribution in [1.29, 1.82) is 0 Å². The van der Waals surface area contributed by atoms with Gasteiger partial charge in [0.15, 0.2) is 0 Å². The molecule has 1 saturated heterocycles. The van der Waals surface area contributed by atoms with Crippen LogP contribution in [0.3, 0.4) is 0 Å². The molecule has 6 heteroatoms. The molecule has 0 radical (unpaired) electrons. The number of para-hydroxylation sites is 2. The lowest BCUT2D eigenvalue weighted by atomic mass is 10.1. The molecule has 2 aliphatic rings. The Morgan fingerprint density at radius 1 is 1.12 bits per heavy atom. The van der Waals surface area contributed by atoms with E-state index in [0.717, 1.165) is 48.8 Å². The quantitative estimate of drug-likeness (QED) is 0.588. The third-order valence-corrected chi connectivity index (χ3v) is 6.86. The lowest BCUT2D eigenvalue weighted by Crippen LogP contribution is -2.41. The number of nitrogens with zero attached hydrogens (tertiary/aromatic N) is 3. The summed E-state index contributed by atoms with van der Waals surface area (Å²) >= 11 is 0. The van der Waals surface area contributed by atoms with E-state index in [0.29, 0.717) is 31.5 Å². The van der Waals surface area contributed by atoms with Crippen molar-refractivity contribution in [2.45, 2.75) is 32.9 Å². The Kier molecular flexibility index (Phi) is 8.11. The van der Waals surface area contributed by atoms with E-state index >= 15 is 0 Å². The van der Waals surface area contributed by atoms with Gasteiger partial charge in [0.2, 0.25) is 5.91 Å². The van der Waals surface area contributed by atoms with Crippen LogP contribution in [0.25, 0.3) is 0 Å². The highest BCUT2D eigenvalue weighted by molar-refractivity contribution is 5.78. The zero-order valence-corrected chi connectivity index (χ0v) is 21.1. The smallest absolute Gasteiger partial charge is 0.236 e. The molecule has 0 saturated carbocycles. The summed E-state index contributed by atoms with van der Waals surface area (Å²) in [5.74, 6) is 3.09. The second kappa shape index (κ2) is 11.2. The van der Waals surface area contributed by atoms with Crippen LogP contribution in [0.5, 0.6) is 11.5 Å². The topological polar surface area (TPSA) is 45.2 Å². The second-order valence-electron chi connectivity index (χ2n) is 10.2. The fraction of sp³-hybridized carbons (Fsp3) is 0.536. The van der Waals surface area contributed by atoms with E-state index in [9.17, 15) is 4.79 Å². The minimum Gasteiger partial charge on any atom is -0.496 e. The van der Waals surface area contributed by atoms with E-state index in [1.807, 2.05) is 54.4 Å². The van der Waals surface area contributed by atoms with Crippen molar-refractivity contribution >= 4 is 5.91 Å². The molecule has 0 aromatic heterocycles. The van der Waals surface area contributed by atoms with Crippen LogP contribution in [0.1, 0.15) is 37.5 Å². The number of hydrogen-bond donors (Lipinski definition) is 0. The van der Waals surface area contributed by atoms with Gasteiger partial charge in [0.1, 0.15) is 17.6 Å². The second-order valence-corrected chi connectivity index (χ2v) is 10.2. The monoisotopic (exact) mass is 465 g/mol. The first kappa shape index (κ1) is 24.6. The van der Waals surface area contributed by atoms with Crippen LogP contribution in [0, 0.1) is 11.8 Å². The number of fused-ring (bicyclic) bond motifs is 1. The number of benzene rings is 2. The highest BCUT2D eigenvalue weighted by Crippen LogP contribution is 2.34. The molecule has 0 aliphatic carbocycles. The Bertz CT molecular complexity index is 963. The highest BCUT2D eigenvalue weighted by Gasteiger charge is 2.29. The number of likely N-dealkylation sites (tertiary alicyclic amines) is 1. The van der Waals surface area contributed by atoms with E-state index in [1.54, 1.807) is 7.11 Å². The van der Waals surface area contributed by atoms with E-state index < -0.39 is 0 Å². The largest absolute Gasteiger partial charge is 0.496 e. The van der Waals surface area contributed by atoms with E-state index in [-0.39, 0.29) is 12.0 Å². The molecule has 1 fully saturated rings. The summed E-state index contributed by atoms with van der Waals surface area (Å²) < 4.78 is 12.1. The van der Waals surface area contributed by atoms with Gasteiger partial charge in [-0.1, -0.05) is 50.2 Å². The standard InChI is InChI=1S/C28H39N3O3/c1-21(2)15-30-14-13-22(17-30)16-29(3)28(32)20-31-18-23-9-5-7-11-25(23)34-27(19-31)24-10-6-8-12-26(24)33-4/h5-12,21-22,27H,13-20H2,1-4H3/t22-,27-/m1/s1. The van der Waals surface area contributed by atoms with E-state index in [2.05, 4.69) is 29.7 Å². The molecule has 2 aliphatic heterocycles. The third kappa shape index (κ3) is 6.10. The Labute approximate surface area is 204 Å². The molecule has 2 aromatic carbocycles. The Morgan fingerprint density at radius 3 is 2.68 bits per heavy atom. The average Bonchev–Trinajstić information content (AvgIpc) is 3.16. The number of likely N-dealkylation sites (N-methyl/N-ethyl adjacent to an activating group) is 1. The molecule has 0 N–H and O–H groups in total. The zero-order chi connectivity index (χ0) is 24.1. The molecule has 0 spiro atoms. The number of hydrogen-bond acceptors (Lipinski definition) is 5. The third-order valence-electron chi connectivity index (χ3n) is 6.86. The number of amides is 1. The van der Waals surface area contributed by atoms with Gasteiger partial charge in [-0.15, -0.1) is 0 Å². The first-order chi connectivity index (χ1) is 16.4. The molecule has 0 bridgehead atoms. The fourth-order valence-corrected chi connectivity index (χ4v) is 5.24. The van der Waals surface area contributed by atoms with Crippen LogP contribution in [0.4, 0.5) is 0 Å². The maximum absolute atomic E-state index is 13.3. The van der Waals surface area contributed by atoms with E-state index in [1.165, 1.54) is 6.42 Å². The molecular formula is C28H39N3O3. The molecule has 1 amide bonds. The zero-order valence-electron chi connectivity index (χ0n) is 21.1. The van der Waals surface area contributed by atoms with Crippen LogP contribution in [0.15, 0.2) is 48.5 Å². The summed E-state index contributed by atoms with van der Waals surface area (Å²) in [5, 5.41) is 0. The van der Waals surface area contributed by atoms with E-state index in [4.69, 9.17) is 9.47 Å². The summed E-state index contributed by atoms with van der Waals surface area (Å²) in [5.41, 5.74) is 2.11. The molecule has 4 rings (SSSR count). The van der Waals surface area contributed by atoms with Crippen LogP contribution in [0.2, 0.25) is 0 Å². The average molecular weight is 466 g/mol. The van der Waals surface area contributed by atoms with Gasteiger partial charge in [-0.25, -0.2) is 0 Å². The van der Waals surface area contributed by atoms with Gasteiger partial charge < -0.3 is 19.3 Å². The Hall–Kier alpha value is -2.57. The first-order valence-corrected chi connectivity index (χ1v) is 12.5. The predicted octanol–water partition coefficient (Wildman–Crippen LogP) is 4.07. The predicted molar refractivity (Wildman–Crippen MR) is 135 cm³/mol. The lowest BCUT2D eigenvalue weighted by molar-refractivity contribution is -0.132. The van der Waals surface area contributed by atoms with Gasteiger partial charge in [-0.2, -0.15) is 0 Å². The van der Waals surface area contributed by atoms with Crippen LogP contribution in [-0.4, -0.2) is 74.0 Å². The minimum atomic E-state index is -0.211. The summed E-state index contributed by atoms with van der Waals surface area (Å²) in [6.45, 7) is 10.4. The Balaban J connectivity index is 1.43. The lowest BCUT2D eigenvalue weighted by Gasteiger charge is -2.28. The van der Waals surface area contributed by atoms with Crippen molar-refractivity contribution < 1.29 is 14.3 Å². The first-order valence-electron chi connectivity index (χ1n) is 12.5. The fourth-order valence-electron chi connectivity index (χ4n) is 5.24. The van der Waals surface area contributed by atoms with Crippen LogP contribution >= 0.6 is 0 Å². The van der Waals surface area contributed by atoms with Crippen LogP contribution in [-0.2, 0) is 11.3 Å². The van der Waals surface area contributed by atoms with Gasteiger partial charge in [-0.3, -0.25) is 9.69 Å². The van der Waals surface area contributed by atoms with Crippen molar-refractivity contribution in [1.82, 2.24) is 14.7 Å². The molecule has 2 aromatic rings.